The van der Waals surface area contributed by atoms with Crippen molar-refractivity contribution < 1.29 is 4.74 Å². The number of para-hydroxylation sites is 1. The van der Waals surface area contributed by atoms with Crippen molar-refractivity contribution in [2.24, 2.45) is 0 Å². The quantitative estimate of drug-likeness (QED) is 0.625. The number of hydrogen-bond donors (Lipinski definition) is 1. The molecule has 2 rings (SSSR count). The van der Waals surface area contributed by atoms with Gasteiger partial charge in [0.15, 0.2) is 0 Å². The smallest absolute Gasteiger partial charge is 0.126 e. The predicted molar refractivity (Wildman–Crippen MR) is 48.4 cm³/mol. The lowest BCUT2D eigenvalue weighted by atomic mass is 10.1. The van der Waals surface area contributed by atoms with Crippen LogP contribution in [0.1, 0.15) is 11.1 Å². The Bertz CT molecular complexity index is 283. The molecular formula is C10H13NO. The van der Waals surface area contributed by atoms with Gasteiger partial charge in [0.05, 0.1) is 0 Å². The van der Waals surface area contributed by atoms with Gasteiger partial charge in [-0.3, -0.25) is 0 Å². The van der Waals surface area contributed by atoms with E-state index in [4.69, 9.17) is 4.74 Å². The lowest BCUT2D eigenvalue weighted by Gasteiger charge is -2.08. The molecule has 0 unspecified atom stereocenters. The van der Waals surface area contributed by atoms with Crippen molar-refractivity contribution in [2.45, 2.75) is 13.5 Å². The Kier molecular flexibility index (Phi) is 2.00. The van der Waals surface area contributed by atoms with E-state index in [2.05, 4.69) is 30.4 Å². The molecule has 1 aromatic rings. The number of nitrogens with one attached hydrogen (secondary N) is 1. The van der Waals surface area contributed by atoms with Crippen LogP contribution in [0, 0.1) is 6.92 Å². The molecule has 64 valence electrons. The van der Waals surface area contributed by atoms with Gasteiger partial charge in [0.2, 0.25) is 0 Å². The molecular weight excluding hydrogens is 150 g/mol. The van der Waals surface area contributed by atoms with Crippen molar-refractivity contribution in [3.63, 3.8) is 0 Å². The molecule has 12 heavy (non-hydrogen) atoms. The van der Waals surface area contributed by atoms with Crippen molar-refractivity contribution >= 4 is 0 Å². The molecule has 2 heteroatoms. The minimum Gasteiger partial charge on any atom is -0.492 e. The zero-order valence-corrected chi connectivity index (χ0v) is 7.26. The molecule has 1 N–H and O–H groups in total. The van der Waals surface area contributed by atoms with Gasteiger partial charge >= 0.3 is 0 Å². The molecule has 0 aromatic heterocycles. The van der Waals surface area contributed by atoms with Crippen molar-refractivity contribution in [1.82, 2.24) is 5.32 Å². The normalized spacial score (nSPS) is 16.1. The van der Waals surface area contributed by atoms with Crippen LogP contribution in [-0.2, 0) is 6.54 Å². The van der Waals surface area contributed by atoms with E-state index in [1.807, 2.05) is 0 Å². The number of rotatable bonds is 0. The van der Waals surface area contributed by atoms with E-state index in [1.54, 1.807) is 0 Å². The van der Waals surface area contributed by atoms with Crippen LogP contribution in [-0.4, -0.2) is 13.2 Å². The second-order valence-corrected chi connectivity index (χ2v) is 3.09. The highest BCUT2D eigenvalue weighted by atomic mass is 16.5. The number of aryl methyl sites for hydroxylation is 1. The lowest BCUT2D eigenvalue weighted by Crippen LogP contribution is -2.16. The van der Waals surface area contributed by atoms with Crippen LogP contribution < -0.4 is 10.1 Å². The molecule has 0 spiro atoms. The van der Waals surface area contributed by atoms with E-state index >= 15 is 0 Å². The molecule has 1 aliphatic rings. The molecule has 0 atom stereocenters. The summed E-state index contributed by atoms with van der Waals surface area (Å²) in [5.74, 6) is 1.07. The van der Waals surface area contributed by atoms with E-state index in [-0.39, 0.29) is 0 Å². The van der Waals surface area contributed by atoms with E-state index in [9.17, 15) is 0 Å². The van der Waals surface area contributed by atoms with E-state index in [0.717, 1.165) is 25.4 Å². The number of hydrogen-bond acceptors (Lipinski definition) is 2. The molecule has 1 aromatic carbocycles. The fourth-order valence-corrected chi connectivity index (χ4v) is 1.51. The second kappa shape index (κ2) is 3.15. The summed E-state index contributed by atoms with van der Waals surface area (Å²) in [6.07, 6.45) is 0. The molecule has 0 saturated heterocycles. The molecule has 0 aliphatic carbocycles. The Balaban J connectivity index is 2.42. The van der Waals surface area contributed by atoms with Gasteiger partial charge < -0.3 is 10.1 Å². The van der Waals surface area contributed by atoms with E-state index in [1.165, 1.54) is 11.1 Å². The third kappa shape index (κ3) is 1.30. The summed E-state index contributed by atoms with van der Waals surface area (Å²) >= 11 is 0. The van der Waals surface area contributed by atoms with Crippen molar-refractivity contribution in [2.75, 3.05) is 13.2 Å². The summed E-state index contributed by atoms with van der Waals surface area (Å²) in [5.41, 5.74) is 2.50. The van der Waals surface area contributed by atoms with Crippen molar-refractivity contribution in [3.8, 4) is 5.75 Å². The fourth-order valence-electron chi connectivity index (χ4n) is 1.51. The average molecular weight is 163 g/mol. The SMILES string of the molecule is Cc1cccc2c1OCCNC2. The summed E-state index contributed by atoms with van der Waals surface area (Å²) < 4.78 is 5.62. The lowest BCUT2D eigenvalue weighted by molar-refractivity contribution is 0.323. The maximum Gasteiger partial charge on any atom is 0.126 e. The van der Waals surface area contributed by atoms with Crippen LogP contribution in [0.4, 0.5) is 0 Å². The monoisotopic (exact) mass is 163 g/mol. The average Bonchev–Trinajstić information content (AvgIpc) is 2.30. The Morgan fingerprint density at radius 1 is 1.42 bits per heavy atom. The largest absolute Gasteiger partial charge is 0.492 e. The number of ether oxygens (including phenoxy) is 1. The molecule has 1 heterocycles. The van der Waals surface area contributed by atoms with Gasteiger partial charge in [-0.25, -0.2) is 0 Å². The van der Waals surface area contributed by atoms with Crippen molar-refractivity contribution in [1.29, 1.82) is 0 Å². The van der Waals surface area contributed by atoms with Gasteiger partial charge in [-0.1, -0.05) is 18.2 Å². The highest BCUT2D eigenvalue weighted by molar-refractivity contribution is 5.41. The van der Waals surface area contributed by atoms with Crippen LogP contribution >= 0.6 is 0 Å². The first-order chi connectivity index (χ1) is 5.88. The maximum atomic E-state index is 5.62. The van der Waals surface area contributed by atoms with Crippen molar-refractivity contribution in [3.05, 3.63) is 29.3 Å². The standard InChI is InChI=1S/C10H13NO/c1-8-3-2-4-9-7-11-5-6-12-10(8)9/h2-4,11H,5-7H2,1H3. The summed E-state index contributed by atoms with van der Waals surface area (Å²) in [5, 5.41) is 3.31. The van der Waals surface area contributed by atoms with Gasteiger partial charge in [-0.15, -0.1) is 0 Å². The third-order valence-electron chi connectivity index (χ3n) is 2.13. The molecule has 0 fully saturated rings. The number of benzene rings is 1. The highest BCUT2D eigenvalue weighted by Crippen LogP contribution is 2.24. The Morgan fingerprint density at radius 2 is 2.33 bits per heavy atom. The topological polar surface area (TPSA) is 21.3 Å². The van der Waals surface area contributed by atoms with Gasteiger partial charge in [0.25, 0.3) is 0 Å². The minimum atomic E-state index is 0.776. The van der Waals surface area contributed by atoms with Crippen LogP contribution in [0.25, 0.3) is 0 Å². The molecule has 0 bridgehead atoms. The zero-order chi connectivity index (χ0) is 8.39. The molecule has 2 nitrogen and oxygen atoms in total. The second-order valence-electron chi connectivity index (χ2n) is 3.09. The van der Waals surface area contributed by atoms with Crippen LogP contribution in [0.5, 0.6) is 5.75 Å². The van der Waals surface area contributed by atoms with Gasteiger partial charge in [-0.05, 0) is 12.5 Å². The van der Waals surface area contributed by atoms with Gasteiger partial charge in [-0.2, -0.15) is 0 Å². The van der Waals surface area contributed by atoms with Crippen LogP contribution in [0.15, 0.2) is 18.2 Å². The summed E-state index contributed by atoms with van der Waals surface area (Å²) in [7, 11) is 0. The van der Waals surface area contributed by atoms with Crippen LogP contribution in [0.3, 0.4) is 0 Å². The van der Waals surface area contributed by atoms with Gasteiger partial charge in [0.1, 0.15) is 12.4 Å². The number of fused-ring (bicyclic) bond motifs is 1. The first-order valence-electron chi connectivity index (χ1n) is 4.30. The molecule has 1 aliphatic heterocycles. The summed E-state index contributed by atoms with van der Waals surface area (Å²) in [6.45, 7) is 4.73. The Hall–Kier alpha value is -1.02. The maximum absolute atomic E-state index is 5.62. The van der Waals surface area contributed by atoms with Crippen LogP contribution in [0.2, 0.25) is 0 Å². The molecule has 0 saturated carbocycles. The van der Waals surface area contributed by atoms with E-state index in [0.29, 0.717) is 0 Å². The summed E-state index contributed by atoms with van der Waals surface area (Å²) in [6, 6.07) is 6.27. The minimum absolute atomic E-state index is 0.776. The molecule has 0 amide bonds. The fraction of sp³-hybridized carbons (Fsp3) is 0.400. The third-order valence-corrected chi connectivity index (χ3v) is 2.13. The molecule has 0 radical (unpaired) electrons. The Morgan fingerprint density at radius 3 is 3.25 bits per heavy atom. The zero-order valence-electron chi connectivity index (χ0n) is 7.26. The van der Waals surface area contributed by atoms with E-state index < -0.39 is 0 Å². The summed E-state index contributed by atoms with van der Waals surface area (Å²) in [4.78, 5) is 0. The first kappa shape index (κ1) is 7.62. The first-order valence-corrected chi connectivity index (χ1v) is 4.30. The predicted octanol–water partition coefficient (Wildman–Crippen LogP) is 1.48. The van der Waals surface area contributed by atoms with Gasteiger partial charge in [0, 0.05) is 18.7 Å². The Labute approximate surface area is 72.5 Å². The highest BCUT2D eigenvalue weighted by Gasteiger charge is 2.09.